The van der Waals surface area contributed by atoms with Crippen LogP contribution in [0.15, 0.2) is 41.3 Å². The van der Waals surface area contributed by atoms with Crippen molar-refractivity contribution in [1.82, 2.24) is 20.2 Å². The van der Waals surface area contributed by atoms with Crippen LogP contribution in [0.4, 0.5) is 8.78 Å². The Morgan fingerprint density at radius 2 is 2.17 bits per heavy atom. The molecule has 1 atom stereocenters. The van der Waals surface area contributed by atoms with Crippen LogP contribution in [0.1, 0.15) is 57.4 Å². The zero-order valence-corrected chi connectivity index (χ0v) is 20.0. The van der Waals surface area contributed by atoms with Crippen LogP contribution < -0.4 is 15.8 Å². The molecule has 0 saturated carbocycles. The van der Waals surface area contributed by atoms with Crippen molar-refractivity contribution in [3.05, 3.63) is 64.2 Å². The van der Waals surface area contributed by atoms with Gasteiger partial charge in [-0.3, -0.25) is 19.6 Å². The molecule has 1 aliphatic heterocycles. The van der Waals surface area contributed by atoms with E-state index in [1.807, 2.05) is 6.92 Å². The van der Waals surface area contributed by atoms with Gasteiger partial charge in [0.2, 0.25) is 5.88 Å². The summed E-state index contributed by atoms with van der Waals surface area (Å²) in [6, 6.07) is 2.94. The maximum atomic E-state index is 13.1. The van der Waals surface area contributed by atoms with Gasteiger partial charge in [0.25, 0.3) is 17.7 Å². The summed E-state index contributed by atoms with van der Waals surface area (Å²) in [7, 11) is 1.60. The third kappa shape index (κ3) is 5.97. The standard InChI is InChI=1S/C24H28F2N6O3/c1-14-7-17(11-31-22(14)35-13-24(3,25)26)15(2)32-12-19-18(23(32)34)5-6-29-20(19)21(33)30-10-16(8-27)9-28-4/h5-9,11,15H,10,12-13,27H2,1-4H3,(H,30,33). The van der Waals surface area contributed by atoms with Crippen molar-refractivity contribution in [2.45, 2.75) is 39.3 Å². The molecule has 0 aliphatic carbocycles. The maximum Gasteiger partial charge on any atom is 0.278 e. The summed E-state index contributed by atoms with van der Waals surface area (Å²) < 4.78 is 31.3. The smallest absolute Gasteiger partial charge is 0.278 e. The Kier molecular flexibility index (Phi) is 7.78. The average molecular weight is 487 g/mol. The number of amides is 2. The van der Waals surface area contributed by atoms with Crippen molar-refractivity contribution in [2.75, 3.05) is 20.2 Å². The molecule has 3 rings (SSSR count). The Balaban J connectivity index is 1.77. The first-order valence-electron chi connectivity index (χ1n) is 10.9. The van der Waals surface area contributed by atoms with E-state index in [4.69, 9.17) is 10.5 Å². The summed E-state index contributed by atoms with van der Waals surface area (Å²) in [5.41, 5.74) is 8.52. The van der Waals surface area contributed by atoms with Gasteiger partial charge in [0.1, 0.15) is 5.69 Å². The lowest BCUT2D eigenvalue weighted by Gasteiger charge is -2.25. The number of aliphatic imine (C=N–C) groups is 1. The summed E-state index contributed by atoms with van der Waals surface area (Å²) in [4.78, 5) is 39.8. The molecule has 1 unspecified atom stereocenters. The molecule has 0 radical (unpaired) electrons. The highest BCUT2D eigenvalue weighted by atomic mass is 19.3. The van der Waals surface area contributed by atoms with Crippen LogP contribution in [0.25, 0.3) is 0 Å². The van der Waals surface area contributed by atoms with E-state index in [-0.39, 0.29) is 30.6 Å². The van der Waals surface area contributed by atoms with Gasteiger partial charge < -0.3 is 20.7 Å². The number of alkyl halides is 2. The number of nitrogens with two attached hydrogens (primary N) is 1. The van der Waals surface area contributed by atoms with Crippen molar-refractivity contribution >= 4 is 18.0 Å². The highest BCUT2D eigenvalue weighted by Gasteiger charge is 2.35. The summed E-state index contributed by atoms with van der Waals surface area (Å²) in [5, 5.41) is 2.74. The Morgan fingerprint density at radius 1 is 1.43 bits per heavy atom. The van der Waals surface area contributed by atoms with Gasteiger partial charge in [0, 0.05) is 74.1 Å². The highest BCUT2D eigenvalue weighted by molar-refractivity contribution is 6.03. The molecule has 2 amide bonds. The van der Waals surface area contributed by atoms with E-state index in [1.54, 1.807) is 31.0 Å². The average Bonchev–Trinajstić information content (AvgIpc) is 3.16. The molecule has 1 aliphatic rings. The number of carbonyl (C=O) groups excluding carboxylic acids is 2. The second-order valence-corrected chi connectivity index (χ2v) is 8.36. The van der Waals surface area contributed by atoms with Gasteiger partial charge in [0.05, 0.1) is 6.04 Å². The van der Waals surface area contributed by atoms with Gasteiger partial charge in [0.15, 0.2) is 6.61 Å². The van der Waals surface area contributed by atoms with Gasteiger partial charge >= 0.3 is 0 Å². The molecule has 186 valence electrons. The quantitative estimate of drug-likeness (QED) is 0.526. The minimum atomic E-state index is -2.97. The topological polar surface area (TPSA) is 123 Å². The van der Waals surface area contributed by atoms with Crippen LogP contribution in [0.3, 0.4) is 0 Å². The van der Waals surface area contributed by atoms with E-state index in [0.29, 0.717) is 27.8 Å². The van der Waals surface area contributed by atoms with E-state index in [2.05, 4.69) is 20.3 Å². The fraction of sp³-hybridized carbons (Fsp3) is 0.375. The molecule has 0 fully saturated rings. The van der Waals surface area contributed by atoms with E-state index >= 15 is 0 Å². The molecule has 2 aromatic rings. The predicted octanol–water partition coefficient (Wildman–Crippen LogP) is 2.81. The molecule has 0 saturated heterocycles. The number of pyridine rings is 2. The number of halogens is 2. The fourth-order valence-corrected chi connectivity index (χ4v) is 3.68. The number of nitrogens with zero attached hydrogens (tertiary/aromatic N) is 4. The first-order chi connectivity index (χ1) is 16.6. The molecule has 11 heteroatoms. The number of ether oxygens (including phenoxy) is 1. The summed E-state index contributed by atoms with van der Waals surface area (Å²) >= 11 is 0. The van der Waals surface area contributed by atoms with E-state index < -0.39 is 24.5 Å². The minimum absolute atomic E-state index is 0.112. The van der Waals surface area contributed by atoms with Crippen molar-refractivity contribution in [3.63, 3.8) is 0 Å². The van der Waals surface area contributed by atoms with Crippen LogP contribution >= 0.6 is 0 Å². The number of hydrogen-bond donors (Lipinski definition) is 2. The zero-order valence-electron chi connectivity index (χ0n) is 20.0. The number of hydrogen-bond acceptors (Lipinski definition) is 7. The highest BCUT2D eigenvalue weighted by Crippen LogP contribution is 2.33. The normalized spacial score (nSPS) is 14.9. The Labute approximate surface area is 202 Å². The fourth-order valence-electron chi connectivity index (χ4n) is 3.68. The summed E-state index contributed by atoms with van der Waals surface area (Å²) in [5.74, 6) is -3.54. The number of fused-ring (bicyclic) bond motifs is 1. The monoisotopic (exact) mass is 486 g/mol. The van der Waals surface area contributed by atoms with Crippen LogP contribution in [-0.4, -0.2) is 59.0 Å². The van der Waals surface area contributed by atoms with Gasteiger partial charge in [-0.05, 0) is 31.5 Å². The summed E-state index contributed by atoms with van der Waals surface area (Å²) in [6.45, 7) is 3.87. The van der Waals surface area contributed by atoms with Crippen molar-refractivity contribution in [2.24, 2.45) is 10.7 Å². The molecule has 3 N–H and O–H groups in total. The lowest BCUT2D eigenvalue weighted by Crippen LogP contribution is -2.29. The Hall–Kier alpha value is -3.89. The molecule has 3 heterocycles. The lowest BCUT2D eigenvalue weighted by atomic mass is 10.1. The van der Waals surface area contributed by atoms with Crippen molar-refractivity contribution < 1.29 is 23.1 Å². The van der Waals surface area contributed by atoms with E-state index in [1.165, 1.54) is 24.8 Å². The van der Waals surface area contributed by atoms with Gasteiger partial charge in [-0.15, -0.1) is 0 Å². The van der Waals surface area contributed by atoms with Crippen LogP contribution in [0.2, 0.25) is 0 Å². The molecule has 35 heavy (non-hydrogen) atoms. The first kappa shape index (κ1) is 25.7. The molecule has 0 spiro atoms. The van der Waals surface area contributed by atoms with Gasteiger partial charge in [-0.2, -0.15) is 0 Å². The Bertz CT molecular complexity index is 1180. The molecular weight excluding hydrogens is 458 g/mol. The predicted molar refractivity (Wildman–Crippen MR) is 127 cm³/mol. The second-order valence-electron chi connectivity index (χ2n) is 8.36. The number of carbonyl (C=O) groups is 2. The SMILES string of the molecule is CN=CC(=CN)CNC(=O)c1nccc2c1CN(C(C)c1cnc(OCC(C)(F)F)c(C)c1)C2=O. The second kappa shape index (κ2) is 10.6. The summed E-state index contributed by atoms with van der Waals surface area (Å²) in [6.07, 6.45) is 5.81. The largest absolute Gasteiger partial charge is 0.471 e. The maximum absolute atomic E-state index is 13.1. The number of nitrogens with one attached hydrogen (secondary N) is 1. The molecular formula is C24H28F2N6O3. The Morgan fingerprint density at radius 3 is 2.80 bits per heavy atom. The van der Waals surface area contributed by atoms with Crippen LogP contribution in [0.5, 0.6) is 5.88 Å². The minimum Gasteiger partial charge on any atom is -0.471 e. The van der Waals surface area contributed by atoms with Crippen molar-refractivity contribution in [3.8, 4) is 5.88 Å². The molecule has 9 nitrogen and oxygen atoms in total. The number of rotatable bonds is 9. The zero-order chi connectivity index (χ0) is 25.8. The first-order valence-corrected chi connectivity index (χ1v) is 10.9. The van der Waals surface area contributed by atoms with Crippen molar-refractivity contribution in [1.29, 1.82) is 0 Å². The molecule has 0 aromatic carbocycles. The number of aryl methyl sites for hydroxylation is 1. The van der Waals surface area contributed by atoms with Gasteiger partial charge in [-0.1, -0.05) is 0 Å². The van der Waals surface area contributed by atoms with Crippen LogP contribution in [-0.2, 0) is 6.54 Å². The lowest BCUT2D eigenvalue weighted by molar-refractivity contribution is -0.0244. The van der Waals surface area contributed by atoms with E-state index in [0.717, 1.165) is 6.92 Å². The van der Waals surface area contributed by atoms with E-state index in [9.17, 15) is 18.4 Å². The van der Waals surface area contributed by atoms with Crippen LogP contribution in [0, 0.1) is 6.92 Å². The molecule has 2 aromatic heterocycles. The number of aromatic nitrogens is 2. The van der Waals surface area contributed by atoms with Gasteiger partial charge in [-0.25, -0.2) is 13.8 Å². The third-order valence-electron chi connectivity index (χ3n) is 5.52. The third-order valence-corrected chi connectivity index (χ3v) is 5.52. The molecule has 0 bridgehead atoms.